The number of halogens is 2. The number of nitrogens with zero attached hydrogens (tertiary/aromatic N) is 2. The van der Waals surface area contributed by atoms with Gasteiger partial charge in [-0.25, -0.2) is 13.4 Å². The van der Waals surface area contributed by atoms with Crippen LogP contribution < -0.4 is 0 Å². The van der Waals surface area contributed by atoms with E-state index in [1.54, 1.807) is 7.11 Å². The van der Waals surface area contributed by atoms with Crippen LogP contribution in [0.25, 0.3) is 0 Å². The molecule has 1 aromatic rings. The highest BCUT2D eigenvalue weighted by Gasteiger charge is 2.34. The number of aromatic nitrogens is 1. The lowest BCUT2D eigenvalue weighted by Crippen LogP contribution is -2.46. The van der Waals surface area contributed by atoms with Crippen molar-refractivity contribution in [2.45, 2.75) is 24.3 Å². The lowest BCUT2D eigenvalue weighted by molar-refractivity contribution is 0.0184. The standard InChI is InChI=1S/C12H16Cl2N2O3S/c1-8-3-4-16(7-11(8)19-2)20(17,18)9-5-10(13)12(14)15-6-9/h5-6,8,11H,3-4,7H2,1-2H3. The van der Waals surface area contributed by atoms with Crippen molar-refractivity contribution in [3.05, 3.63) is 22.4 Å². The van der Waals surface area contributed by atoms with Gasteiger partial charge >= 0.3 is 0 Å². The number of hydrogen-bond acceptors (Lipinski definition) is 4. The van der Waals surface area contributed by atoms with E-state index in [0.29, 0.717) is 19.0 Å². The summed E-state index contributed by atoms with van der Waals surface area (Å²) in [6.45, 7) is 2.85. The molecule has 1 aromatic heterocycles. The molecule has 0 saturated carbocycles. The van der Waals surface area contributed by atoms with E-state index >= 15 is 0 Å². The molecule has 1 aliphatic heterocycles. The number of piperidine rings is 1. The van der Waals surface area contributed by atoms with Gasteiger partial charge in [0.05, 0.1) is 11.1 Å². The summed E-state index contributed by atoms with van der Waals surface area (Å²) < 4.78 is 31.8. The van der Waals surface area contributed by atoms with E-state index in [1.807, 2.05) is 0 Å². The van der Waals surface area contributed by atoms with Crippen molar-refractivity contribution >= 4 is 33.2 Å². The third kappa shape index (κ3) is 3.09. The molecule has 2 heterocycles. The predicted molar refractivity (Wildman–Crippen MR) is 77.6 cm³/mol. The van der Waals surface area contributed by atoms with Crippen LogP contribution in [0.1, 0.15) is 13.3 Å². The number of rotatable bonds is 3. The molecule has 0 bridgehead atoms. The number of ether oxygens (including phenoxy) is 1. The molecule has 0 spiro atoms. The summed E-state index contributed by atoms with van der Waals surface area (Å²) >= 11 is 11.5. The third-order valence-electron chi connectivity index (χ3n) is 3.56. The van der Waals surface area contributed by atoms with Crippen molar-refractivity contribution in [3.8, 4) is 0 Å². The Kier molecular flexibility index (Phi) is 4.92. The van der Waals surface area contributed by atoms with Crippen LogP contribution in [0.4, 0.5) is 0 Å². The van der Waals surface area contributed by atoms with Gasteiger partial charge in [-0.3, -0.25) is 0 Å². The van der Waals surface area contributed by atoms with Gasteiger partial charge in [-0.2, -0.15) is 4.31 Å². The average molecular weight is 339 g/mol. The van der Waals surface area contributed by atoms with E-state index in [1.165, 1.54) is 16.6 Å². The molecule has 0 N–H and O–H groups in total. The predicted octanol–water partition coefficient (Wildman–Crippen LogP) is 2.43. The van der Waals surface area contributed by atoms with Crippen molar-refractivity contribution in [2.24, 2.45) is 5.92 Å². The molecule has 0 aromatic carbocycles. The molecule has 2 unspecified atom stereocenters. The lowest BCUT2D eigenvalue weighted by atomic mass is 9.97. The lowest BCUT2D eigenvalue weighted by Gasteiger charge is -2.35. The van der Waals surface area contributed by atoms with Crippen molar-refractivity contribution in [1.29, 1.82) is 0 Å². The van der Waals surface area contributed by atoms with E-state index in [4.69, 9.17) is 27.9 Å². The summed E-state index contributed by atoms with van der Waals surface area (Å²) in [6, 6.07) is 1.33. The highest BCUT2D eigenvalue weighted by Crippen LogP contribution is 2.28. The molecule has 5 nitrogen and oxygen atoms in total. The normalized spacial score (nSPS) is 24.8. The molecule has 2 atom stereocenters. The van der Waals surface area contributed by atoms with Crippen LogP contribution in [-0.2, 0) is 14.8 Å². The topological polar surface area (TPSA) is 59.5 Å². The minimum absolute atomic E-state index is 0.0521. The Morgan fingerprint density at radius 2 is 2.15 bits per heavy atom. The minimum atomic E-state index is -3.62. The van der Waals surface area contributed by atoms with Crippen molar-refractivity contribution in [2.75, 3.05) is 20.2 Å². The van der Waals surface area contributed by atoms with Crippen molar-refractivity contribution < 1.29 is 13.2 Å². The van der Waals surface area contributed by atoms with Gasteiger partial charge < -0.3 is 4.74 Å². The smallest absolute Gasteiger partial charge is 0.244 e. The first-order chi connectivity index (χ1) is 9.36. The second kappa shape index (κ2) is 6.15. The fraction of sp³-hybridized carbons (Fsp3) is 0.583. The van der Waals surface area contributed by atoms with Crippen LogP contribution in [0, 0.1) is 5.92 Å². The molecule has 1 fully saturated rings. The number of pyridine rings is 1. The van der Waals surface area contributed by atoms with Crippen molar-refractivity contribution in [3.63, 3.8) is 0 Å². The molecule has 2 rings (SSSR count). The molecule has 1 aliphatic rings. The third-order valence-corrected chi connectivity index (χ3v) is 6.08. The maximum absolute atomic E-state index is 12.5. The summed E-state index contributed by atoms with van der Waals surface area (Å²) in [5, 5.41) is 0.217. The monoisotopic (exact) mass is 338 g/mol. The van der Waals surface area contributed by atoms with Gasteiger partial charge in [0.25, 0.3) is 0 Å². The van der Waals surface area contributed by atoms with Crippen molar-refractivity contribution in [1.82, 2.24) is 9.29 Å². The quantitative estimate of drug-likeness (QED) is 0.794. The fourth-order valence-electron chi connectivity index (χ4n) is 2.22. The van der Waals surface area contributed by atoms with Gasteiger partial charge in [0.2, 0.25) is 10.0 Å². The molecule has 1 saturated heterocycles. The van der Waals surface area contributed by atoms with Gasteiger partial charge in [0, 0.05) is 26.4 Å². The summed E-state index contributed by atoms with van der Waals surface area (Å²) in [6.07, 6.45) is 1.88. The highest BCUT2D eigenvalue weighted by molar-refractivity contribution is 7.89. The Hall–Kier alpha value is -0.400. The first-order valence-corrected chi connectivity index (χ1v) is 8.40. The van der Waals surface area contributed by atoms with E-state index < -0.39 is 10.0 Å². The molecule has 112 valence electrons. The van der Waals surface area contributed by atoms with Crippen LogP contribution >= 0.6 is 23.2 Å². The average Bonchev–Trinajstić information content (AvgIpc) is 2.42. The first-order valence-electron chi connectivity index (χ1n) is 6.20. The minimum Gasteiger partial charge on any atom is -0.380 e. The summed E-state index contributed by atoms with van der Waals surface area (Å²) in [5.74, 6) is 0.332. The molecular weight excluding hydrogens is 323 g/mol. The molecule has 8 heteroatoms. The Balaban J connectivity index is 2.28. The largest absolute Gasteiger partial charge is 0.380 e. The van der Waals surface area contributed by atoms with Crippen LogP contribution in [0.3, 0.4) is 0 Å². The Morgan fingerprint density at radius 1 is 1.45 bits per heavy atom. The van der Waals surface area contributed by atoms with E-state index in [2.05, 4.69) is 11.9 Å². The molecule has 20 heavy (non-hydrogen) atoms. The SMILES string of the molecule is COC1CN(S(=O)(=O)c2cnc(Cl)c(Cl)c2)CCC1C. The molecule has 0 radical (unpaired) electrons. The van der Waals surface area contributed by atoms with Crippen LogP contribution in [0.5, 0.6) is 0 Å². The Labute approximate surface area is 128 Å². The van der Waals surface area contributed by atoms with Gasteiger partial charge in [-0.05, 0) is 18.4 Å². The van der Waals surface area contributed by atoms with Gasteiger partial charge in [-0.15, -0.1) is 0 Å². The number of methoxy groups -OCH3 is 1. The Morgan fingerprint density at radius 3 is 2.75 bits per heavy atom. The second-order valence-electron chi connectivity index (χ2n) is 4.85. The number of hydrogen-bond donors (Lipinski definition) is 0. The van der Waals surface area contributed by atoms with Gasteiger partial charge in [0.15, 0.2) is 0 Å². The van der Waals surface area contributed by atoms with E-state index in [-0.39, 0.29) is 21.2 Å². The fourth-order valence-corrected chi connectivity index (χ4v) is 4.00. The maximum atomic E-state index is 12.5. The zero-order chi connectivity index (χ0) is 14.9. The first kappa shape index (κ1) is 16.0. The van der Waals surface area contributed by atoms with E-state index in [0.717, 1.165) is 6.42 Å². The zero-order valence-corrected chi connectivity index (χ0v) is 13.5. The summed E-state index contributed by atoms with van der Waals surface area (Å²) in [7, 11) is -2.02. The maximum Gasteiger partial charge on any atom is 0.244 e. The van der Waals surface area contributed by atoms with Crippen LogP contribution in [0.2, 0.25) is 10.2 Å². The summed E-state index contributed by atoms with van der Waals surface area (Å²) in [4.78, 5) is 3.84. The Bertz CT molecular complexity index is 594. The van der Waals surface area contributed by atoms with Gasteiger partial charge in [-0.1, -0.05) is 30.1 Å². The zero-order valence-electron chi connectivity index (χ0n) is 11.2. The molecular formula is C12H16Cl2N2O3S. The number of sulfonamides is 1. The van der Waals surface area contributed by atoms with E-state index in [9.17, 15) is 8.42 Å². The van der Waals surface area contributed by atoms with Gasteiger partial charge in [0.1, 0.15) is 10.0 Å². The van der Waals surface area contributed by atoms with Crippen LogP contribution in [0.15, 0.2) is 17.2 Å². The molecule has 0 aliphatic carbocycles. The second-order valence-corrected chi connectivity index (χ2v) is 7.55. The molecule has 0 amide bonds. The summed E-state index contributed by atoms with van der Waals surface area (Å²) in [5.41, 5.74) is 0. The van der Waals surface area contributed by atoms with Crippen LogP contribution in [-0.4, -0.2) is 44.0 Å². The highest BCUT2D eigenvalue weighted by atomic mass is 35.5.